The molecule has 140 valence electrons. The molecule has 0 spiro atoms. The molecule has 0 unspecified atom stereocenters. The highest BCUT2D eigenvalue weighted by Crippen LogP contribution is 2.31. The van der Waals surface area contributed by atoms with Crippen LogP contribution in [0.3, 0.4) is 0 Å². The SMILES string of the molecule is C=C(C=CC)c1nc(N2CCOCC2)c2cc(F)c(C(=C)C(C)=N)cc2n1. The summed E-state index contributed by atoms with van der Waals surface area (Å²) in [6.07, 6.45) is 3.72. The Bertz CT molecular complexity index is 958. The van der Waals surface area contributed by atoms with Gasteiger partial charge in [0.1, 0.15) is 11.6 Å². The van der Waals surface area contributed by atoms with Gasteiger partial charge in [-0.25, -0.2) is 14.4 Å². The van der Waals surface area contributed by atoms with Crippen molar-refractivity contribution in [2.45, 2.75) is 13.8 Å². The van der Waals surface area contributed by atoms with Crippen molar-refractivity contribution in [1.82, 2.24) is 9.97 Å². The van der Waals surface area contributed by atoms with Crippen molar-refractivity contribution in [3.05, 3.63) is 54.6 Å². The van der Waals surface area contributed by atoms with Crippen molar-refractivity contribution >= 4 is 33.6 Å². The molecule has 2 heterocycles. The van der Waals surface area contributed by atoms with Crippen LogP contribution in [0.5, 0.6) is 0 Å². The van der Waals surface area contributed by atoms with Crippen molar-refractivity contribution in [3.63, 3.8) is 0 Å². The van der Waals surface area contributed by atoms with E-state index in [-0.39, 0.29) is 11.3 Å². The van der Waals surface area contributed by atoms with Gasteiger partial charge in [-0.15, -0.1) is 0 Å². The normalized spacial score (nSPS) is 14.7. The number of fused-ring (bicyclic) bond motifs is 1. The summed E-state index contributed by atoms with van der Waals surface area (Å²) in [6, 6.07) is 3.08. The average molecular weight is 366 g/mol. The largest absolute Gasteiger partial charge is 0.378 e. The van der Waals surface area contributed by atoms with Crippen molar-refractivity contribution in [1.29, 1.82) is 5.41 Å². The molecule has 0 bridgehead atoms. The maximum absolute atomic E-state index is 14.8. The zero-order valence-electron chi connectivity index (χ0n) is 15.7. The van der Waals surface area contributed by atoms with Crippen LogP contribution in [-0.4, -0.2) is 42.0 Å². The Kier molecular flexibility index (Phi) is 5.46. The molecule has 6 heteroatoms. The van der Waals surface area contributed by atoms with E-state index in [0.717, 1.165) is 0 Å². The Morgan fingerprint density at radius 3 is 2.59 bits per heavy atom. The molecular formula is C21H23FN4O. The van der Waals surface area contributed by atoms with Gasteiger partial charge in [-0.05, 0) is 31.6 Å². The third kappa shape index (κ3) is 3.80. The summed E-state index contributed by atoms with van der Waals surface area (Å²) in [4.78, 5) is 11.3. The molecule has 1 aromatic carbocycles. The third-order valence-corrected chi connectivity index (χ3v) is 4.51. The first kappa shape index (κ1) is 18.9. The van der Waals surface area contributed by atoms with Gasteiger partial charge in [-0.1, -0.05) is 25.3 Å². The Labute approximate surface area is 158 Å². The van der Waals surface area contributed by atoms with Crippen LogP contribution in [0.4, 0.5) is 10.2 Å². The van der Waals surface area contributed by atoms with Crippen LogP contribution in [0.15, 0.2) is 37.4 Å². The first-order valence-electron chi connectivity index (χ1n) is 8.83. The fraction of sp³-hybridized carbons (Fsp3) is 0.286. The second kappa shape index (κ2) is 7.80. The summed E-state index contributed by atoms with van der Waals surface area (Å²) in [6.45, 7) is 13.9. The lowest BCUT2D eigenvalue weighted by Gasteiger charge is -2.29. The number of anilines is 1. The van der Waals surface area contributed by atoms with Crippen LogP contribution in [0.1, 0.15) is 25.2 Å². The summed E-state index contributed by atoms with van der Waals surface area (Å²) in [5.74, 6) is 0.737. The zero-order valence-corrected chi connectivity index (χ0v) is 15.7. The molecule has 1 aliphatic heterocycles. The number of rotatable bonds is 5. The summed E-state index contributed by atoms with van der Waals surface area (Å²) in [5.41, 5.74) is 2.13. The Morgan fingerprint density at radius 1 is 1.26 bits per heavy atom. The van der Waals surface area contributed by atoms with Crippen LogP contribution in [0.25, 0.3) is 22.0 Å². The van der Waals surface area contributed by atoms with Crippen LogP contribution in [-0.2, 0) is 4.74 Å². The van der Waals surface area contributed by atoms with Gasteiger partial charge in [0, 0.05) is 35.3 Å². The summed E-state index contributed by atoms with van der Waals surface area (Å²) in [5, 5.41) is 8.40. The Morgan fingerprint density at radius 2 is 1.96 bits per heavy atom. The molecule has 1 aliphatic rings. The number of nitrogens with zero attached hydrogens (tertiary/aromatic N) is 3. The summed E-state index contributed by atoms with van der Waals surface area (Å²) < 4.78 is 20.2. The van der Waals surface area contributed by atoms with E-state index in [0.29, 0.717) is 60.0 Å². The number of nitrogens with one attached hydrogen (secondary N) is 1. The first-order chi connectivity index (χ1) is 12.9. The molecule has 1 aromatic heterocycles. The van der Waals surface area contributed by atoms with Gasteiger partial charge in [-0.3, -0.25) is 0 Å². The topological polar surface area (TPSA) is 62.1 Å². The predicted molar refractivity (Wildman–Crippen MR) is 109 cm³/mol. The molecule has 5 nitrogen and oxygen atoms in total. The van der Waals surface area contributed by atoms with E-state index in [2.05, 4.69) is 28.0 Å². The molecule has 3 rings (SSSR count). The fourth-order valence-corrected chi connectivity index (χ4v) is 3.00. The highest BCUT2D eigenvalue weighted by molar-refractivity contribution is 6.21. The van der Waals surface area contributed by atoms with Gasteiger partial charge >= 0.3 is 0 Å². The second-order valence-electron chi connectivity index (χ2n) is 6.45. The van der Waals surface area contributed by atoms with Crippen molar-refractivity contribution in [2.75, 3.05) is 31.2 Å². The zero-order chi connectivity index (χ0) is 19.6. The molecule has 0 amide bonds. The summed E-state index contributed by atoms with van der Waals surface area (Å²) >= 11 is 0. The number of hydrogen-bond donors (Lipinski definition) is 1. The van der Waals surface area contributed by atoms with Crippen LogP contribution < -0.4 is 4.90 Å². The number of halogens is 1. The van der Waals surface area contributed by atoms with Crippen molar-refractivity contribution in [2.24, 2.45) is 0 Å². The molecule has 0 saturated carbocycles. The van der Waals surface area contributed by atoms with Crippen molar-refractivity contribution < 1.29 is 9.13 Å². The van der Waals surface area contributed by atoms with E-state index < -0.39 is 5.82 Å². The number of allylic oxidation sites excluding steroid dienone is 4. The lowest BCUT2D eigenvalue weighted by molar-refractivity contribution is 0.122. The van der Waals surface area contributed by atoms with Gasteiger partial charge in [0.05, 0.1) is 18.7 Å². The molecule has 27 heavy (non-hydrogen) atoms. The molecule has 0 radical (unpaired) electrons. The molecule has 0 atom stereocenters. The van der Waals surface area contributed by atoms with E-state index in [4.69, 9.17) is 10.1 Å². The average Bonchev–Trinajstić information content (AvgIpc) is 2.67. The van der Waals surface area contributed by atoms with Gasteiger partial charge in [0.2, 0.25) is 0 Å². The number of ether oxygens (including phenoxy) is 1. The van der Waals surface area contributed by atoms with Crippen LogP contribution >= 0.6 is 0 Å². The summed E-state index contributed by atoms with van der Waals surface area (Å²) in [7, 11) is 0. The number of morpholine rings is 1. The van der Waals surface area contributed by atoms with Gasteiger partial charge in [-0.2, -0.15) is 0 Å². The quantitative estimate of drug-likeness (QED) is 0.635. The van der Waals surface area contributed by atoms with E-state index in [1.807, 2.05) is 19.1 Å². The highest BCUT2D eigenvalue weighted by Gasteiger charge is 2.20. The maximum Gasteiger partial charge on any atom is 0.161 e. The monoisotopic (exact) mass is 366 g/mol. The third-order valence-electron chi connectivity index (χ3n) is 4.51. The highest BCUT2D eigenvalue weighted by atomic mass is 19.1. The number of hydrogen-bond acceptors (Lipinski definition) is 5. The standard InChI is InChI=1S/C21H23FN4O/c1-5-6-13(2)20-24-19-12-16(14(3)15(4)23)18(22)11-17(19)21(25-20)26-7-9-27-10-8-26/h5-6,11-12,23H,2-3,7-10H2,1,4H3. The number of benzene rings is 1. The smallest absolute Gasteiger partial charge is 0.161 e. The van der Waals surface area contributed by atoms with Crippen LogP contribution in [0.2, 0.25) is 0 Å². The molecule has 2 aromatic rings. The minimum absolute atomic E-state index is 0.217. The predicted octanol–water partition coefficient (Wildman–Crippen LogP) is 4.25. The minimum Gasteiger partial charge on any atom is -0.378 e. The van der Waals surface area contributed by atoms with Gasteiger partial charge in [0.25, 0.3) is 0 Å². The van der Waals surface area contributed by atoms with Gasteiger partial charge < -0.3 is 15.0 Å². The lowest BCUT2D eigenvalue weighted by Crippen LogP contribution is -2.37. The molecule has 0 aliphatic carbocycles. The Hall–Kier alpha value is -2.86. The van der Waals surface area contributed by atoms with E-state index >= 15 is 0 Å². The fourth-order valence-electron chi connectivity index (χ4n) is 3.00. The van der Waals surface area contributed by atoms with E-state index in [9.17, 15) is 4.39 Å². The van der Waals surface area contributed by atoms with Gasteiger partial charge in [0.15, 0.2) is 5.82 Å². The number of aromatic nitrogens is 2. The Balaban J connectivity index is 2.24. The molecule has 1 N–H and O–H groups in total. The maximum atomic E-state index is 14.8. The van der Waals surface area contributed by atoms with E-state index in [1.165, 1.54) is 6.07 Å². The van der Waals surface area contributed by atoms with E-state index in [1.54, 1.807) is 13.0 Å². The first-order valence-corrected chi connectivity index (χ1v) is 8.83. The van der Waals surface area contributed by atoms with Crippen molar-refractivity contribution in [3.8, 4) is 0 Å². The molecule has 1 saturated heterocycles. The van der Waals surface area contributed by atoms with Crippen LogP contribution in [0, 0.1) is 11.2 Å². The minimum atomic E-state index is -0.433. The molecular weight excluding hydrogens is 343 g/mol. The second-order valence-corrected chi connectivity index (χ2v) is 6.45. The lowest BCUT2D eigenvalue weighted by atomic mass is 10.0. The molecule has 1 fully saturated rings.